The van der Waals surface area contributed by atoms with Crippen LogP contribution in [0.2, 0.25) is 5.02 Å². The van der Waals surface area contributed by atoms with E-state index in [4.69, 9.17) is 21.1 Å². The third kappa shape index (κ3) is 4.20. The zero-order valence-electron chi connectivity index (χ0n) is 18.4. The number of ether oxygens (including phenoxy) is 2. The van der Waals surface area contributed by atoms with Crippen LogP contribution in [0.25, 0.3) is 0 Å². The van der Waals surface area contributed by atoms with E-state index >= 15 is 4.39 Å². The second-order valence-electron chi connectivity index (χ2n) is 8.34. The highest BCUT2D eigenvalue weighted by molar-refractivity contribution is 7.99. The van der Waals surface area contributed by atoms with Crippen molar-refractivity contribution >= 4 is 33.2 Å². The second kappa shape index (κ2) is 9.65. The van der Waals surface area contributed by atoms with E-state index in [1.807, 2.05) is 0 Å². The number of nitrogens with zero attached hydrogens (tertiary/aromatic N) is 2. The zero-order valence-corrected chi connectivity index (χ0v) is 20.8. The van der Waals surface area contributed by atoms with Crippen molar-refractivity contribution < 1.29 is 26.7 Å². The highest BCUT2D eigenvalue weighted by Gasteiger charge is 2.61. The molecule has 184 valence electrons. The van der Waals surface area contributed by atoms with Gasteiger partial charge in [0.2, 0.25) is 0 Å². The van der Waals surface area contributed by atoms with Crippen LogP contribution in [-0.2, 0) is 19.3 Å². The van der Waals surface area contributed by atoms with Crippen molar-refractivity contribution in [3.8, 4) is 5.75 Å². The van der Waals surface area contributed by atoms with Crippen molar-refractivity contribution in [2.45, 2.75) is 33.6 Å². The van der Waals surface area contributed by atoms with Crippen molar-refractivity contribution in [3.63, 3.8) is 0 Å². The van der Waals surface area contributed by atoms with E-state index in [9.17, 15) is 12.8 Å². The van der Waals surface area contributed by atoms with Gasteiger partial charge in [-0.05, 0) is 49.2 Å². The molecule has 0 spiro atoms. The maximum absolute atomic E-state index is 15.4. The van der Waals surface area contributed by atoms with Gasteiger partial charge < -0.3 is 9.47 Å². The van der Waals surface area contributed by atoms with Gasteiger partial charge in [-0.3, -0.25) is 4.98 Å². The average molecular weight is 539 g/mol. The van der Waals surface area contributed by atoms with E-state index in [1.54, 1.807) is 18.6 Å². The van der Waals surface area contributed by atoms with E-state index in [1.165, 1.54) is 36.0 Å². The number of thioether (sulfide) groups is 1. The minimum atomic E-state index is -4.22. The molecule has 3 atom stereocenters. The van der Waals surface area contributed by atoms with Crippen LogP contribution >= 0.6 is 23.4 Å². The van der Waals surface area contributed by atoms with Crippen LogP contribution in [0, 0.1) is 17.6 Å². The van der Waals surface area contributed by atoms with E-state index in [0.717, 1.165) is 17.2 Å². The van der Waals surface area contributed by atoms with Crippen molar-refractivity contribution in [1.29, 1.82) is 0 Å². The predicted molar refractivity (Wildman–Crippen MR) is 127 cm³/mol. The van der Waals surface area contributed by atoms with E-state index < -0.39 is 38.2 Å². The molecule has 1 fully saturated rings. The van der Waals surface area contributed by atoms with Crippen molar-refractivity contribution in [2.24, 2.45) is 5.92 Å². The Hall–Kier alpha value is -2.27. The van der Waals surface area contributed by atoms with Crippen LogP contribution in [0.3, 0.4) is 0 Å². The van der Waals surface area contributed by atoms with Gasteiger partial charge in [-0.1, -0.05) is 11.6 Å². The number of aromatic nitrogens is 2. The molecule has 11 heteroatoms. The minimum absolute atomic E-state index is 0.0157. The van der Waals surface area contributed by atoms with Gasteiger partial charge in [-0.15, -0.1) is 11.8 Å². The Morgan fingerprint density at radius 2 is 1.89 bits per heavy atom. The molecule has 1 saturated heterocycles. The van der Waals surface area contributed by atoms with Gasteiger partial charge in [-0.2, -0.15) is 0 Å². The molecule has 1 aromatic heterocycles. The number of fused-ring (bicyclic) bond motifs is 3. The third-order valence-corrected chi connectivity index (χ3v) is 10.3. The molecule has 0 N–H and O–H groups in total. The fraction of sp³-hybridized carbons (Fsp3) is 0.333. The van der Waals surface area contributed by atoms with E-state index in [0.29, 0.717) is 17.2 Å². The molecule has 2 aromatic carbocycles. The maximum atomic E-state index is 15.4. The van der Waals surface area contributed by atoms with E-state index in [2.05, 4.69) is 9.97 Å². The average Bonchev–Trinajstić information content (AvgIpc) is 2.86. The molecule has 0 amide bonds. The Morgan fingerprint density at radius 3 is 2.63 bits per heavy atom. The fourth-order valence-corrected chi connectivity index (χ4v) is 8.27. The van der Waals surface area contributed by atoms with Gasteiger partial charge in [0.15, 0.2) is 21.4 Å². The smallest absolute Gasteiger partial charge is 0.189 e. The first-order valence-corrected chi connectivity index (χ1v) is 13.8. The third-order valence-electron chi connectivity index (χ3n) is 6.54. The Kier molecular flexibility index (Phi) is 6.73. The number of hydrogen-bond donors (Lipinski definition) is 0. The molecule has 0 unspecified atom stereocenters. The number of hydrogen-bond acceptors (Lipinski definition) is 7. The first-order chi connectivity index (χ1) is 16.8. The summed E-state index contributed by atoms with van der Waals surface area (Å²) in [5, 5.41) is 1.09. The summed E-state index contributed by atoms with van der Waals surface area (Å²) in [6.45, 7) is -0.0557. The van der Waals surface area contributed by atoms with Crippen molar-refractivity contribution in [1.82, 2.24) is 9.97 Å². The zero-order chi connectivity index (χ0) is 24.6. The molecule has 0 radical (unpaired) electrons. The van der Waals surface area contributed by atoms with Crippen LogP contribution in [-0.4, -0.2) is 43.5 Å². The summed E-state index contributed by atoms with van der Waals surface area (Å²) in [5.41, 5.74) is -0.265. The molecular weight excluding hydrogens is 518 g/mol. The van der Waals surface area contributed by atoms with Crippen LogP contribution in [0.15, 0.2) is 64.9 Å². The van der Waals surface area contributed by atoms with Crippen LogP contribution < -0.4 is 4.74 Å². The first kappa shape index (κ1) is 24.4. The highest BCUT2D eigenvalue weighted by Crippen LogP contribution is 2.56. The van der Waals surface area contributed by atoms with Gasteiger partial charge in [0, 0.05) is 35.7 Å². The monoisotopic (exact) mass is 538 g/mol. The van der Waals surface area contributed by atoms with Gasteiger partial charge in [0.25, 0.3) is 0 Å². The Bertz CT molecular complexity index is 1330. The Morgan fingerprint density at radius 1 is 1.11 bits per heavy atom. The lowest BCUT2D eigenvalue weighted by Gasteiger charge is -2.50. The first-order valence-electron chi connectivity index (χ1n) is 11.0. The number of benzene rings is 2. The highest BCUT2D eigenvalue weighted by atomic mass is 35.5. The number of halogens is 3. The summed E-state index contributed by atoms with van der Waals surface area (Å²) in [4.78, 5) is 8.26. The summed E-state index contributed by atoms with van der Waals surface area (Å²) in [6.07, 6.45) is 4.67. The van der Waals surface area contributed by atoms with Crippen LogP contribution in [0.5, 0.6) is 5.75 Å². The SMILES string of the molecule is O=S(=O)(c1ccc(Cl)cc1)[C@@]12CCO[C@@H](CCSc3cnccn3)[C@@H]1COc1c(F)ccc(F)c12. The molecule has 0 aliphatic carbocycles. The number of rotatable bonds is 6. The summed E-state index contributed by atoms with van der Waals surface area (Å²) < 4.78 is 68.6. The molecule has 3 heterocycles. The molecule has 3 aromatic rings. The molecule has 0 saturated carbocycles. The lowest BCUT2D eigenvalue weighted by atomic mass is 9.75. The summed E-state index contributed by atoms with van der Waals surface area (Å²) in [6, 6.07) is 7.63. The summed E-state index contributed by atoms with van der Waals surface area (Å²) in [5.74, 6) is -2.17. The minimum Gasteiger partial charge on any atom is -0.490 e. The Balaban J connectivity index is 1.58. The van der Waals surface area contributed by atoms with Crippen molar-refractivity contribution in [2.75, 3.05) is 19.0 Å². The molecule has 2 aliphatic heterocycles. The molecule has 6 nitrogen and oxygen atoms in total. The summed E-state index contributed by atoms with van der Waals surface area (Å²) >= 11 is 7.44. The molecule has 2 aliphatic rings. The maximum Gasteiger partial charge on any atom is 0.189 e. The molecular formula is C24H21ClF2N2O4S2. The second-order valence-corrected chi connectivity index (χ2v) is 12.1. The predicted octanol–water partition coefficient (Wildman–Crippen LogP) is 5.06. The standard InChI is InChI=1S/C24H21ClF2N2O4S2/c25-15-1-3-16(4-2-15)35(30,31)24-8-11-32-20(7-12-34-21-13-28-9-10-29-21)17(24)14-33-23-19(27)6-5-18(26)22(23)24/h1-6,9-10,13,17,20H,7-8,11-12,14H2/t17-,20-,24-/m0/s1. The van der Waals surface area contributed by atoms with Gasteiger partial charge in [-0.25, -0.2) is 22.2 Å². The van der Waals surface area contributed by atoms with Crippen LogP contribution in [0.1, 0.15) is 18.4 Å². The lowest BCUT2D eigenvalue weighted by molar-refractivity contribution is -0.0731. The van der Waals surface area contributed by atoms with Gasteiger partial charge in [0.1, 0.15) is 15.6 Å². The van der Waals surface area contributed by atoms with E-state index in [-0.39, 0.29) is 35.8 Å². The fourth-order valence-electron chi connectivity index (χ4n) is 4.97. The molecule has 35 heavy (non-hydrogen) atoms. The number of sulfone groups is 1. The quantitative estimate of drug-likeness (QED) is 0.406. The van der Waals surface area contributed by atoms with Gasteiger partial charge >= 0.3 is 0 Å². The Labute approximate surface area is 211 Å². The topological polar surface area (TPSA) is 78.4 Å². The lowest BCUT2D eigenvalue weighted by Crippen LogP contribution is -2.57. The molecule has 5 rings (SSSR count). The molecule has 0 bridgehead atoms. The summed E-state index contributed by atoms with van der Waals surface area (Å²) in [7, 11) is -4.22. The van der Waals surface area contributed by atoms with Crippen LogP contribution in [0.4, 0.5) is 8.78 Å². The van der Waals surface area contributed by atoms with Crippen molar-refractivity contribution in [3.05, 3.63) is 77.2 Å². The normalized spacial score (nSPS) is 23.7. The van der Waals surface area contributed by atoms with Gasteiger partial charge in [0.05, 0.1) is 29.4 Å². The largest absolute Gasteiger partial charge is 0.490 e.